The summed E-state index contributed by atoms with van der Waals surface area (Å²) in [5.74, 6) is 1.68. The van der Waals surface area contributed by atoms with Crippen LogP contribution >= 0.6 is 0 Å². The van der Waals surface area contributed by atoms with Crippen LogP contribution in [0.5, 0.6) is 0 Å². The van der Waals surface area contributed by atoms with Gasteiger partial charge < -0.3 is 10.6 Å². The lowest BCUT2D eigenvalue weighted by Crippen LogP contribution is -2.32. The third-order valence-electron chi connectivity index (χ3n) is 3.02. The summed E-state index contributed by atoms with van der Waals surface area (Å²) in [6.45, 7) is 9.21. The van der Waals surface area contributed by atoms with Gasteiger partial charge in [0, 0.05) is 24.5 Å². The zero-order chi connectivity index (χ0) is 15.3. The topological polar surface area (TPSA) is 80.5 Å². The smallest absolute Gasteiger partial charge is 0.241 e. The number of nitrogens with one attached hydrogen (secondary N) is 2. The summed E-state index contributed by atoms with van der Waals surface area (Å²) in [5, 5.41) is 6.52. The van der Waals surface area contributed by atoms with Crippen LogP contribution in [0.1, 0.15) is 40.5 Å². The van der Waals surface area contributed by atoms with E-state index in [1.165, 1.54) is 0 Å². The Balaban J connectivity index is 2.32. The minimum Gasteiger partial charge on any atom is -0.354 e. The van der Waals surface area contributed by atoms with E-state index in [2.05, 4.69) is 51.3 Å². The van der Waals surface area contributed by atoms with E-state index in [4.69, 9.17) is 0 Å². The lowest BCUT2D eigenvalue weighted by molar-refractivity contribution is 0.506. The molecule has 21 heavy (non-hydrogen) atoms. The van der Waals surface area contributed by atoms with E-state index in [0.29, 0.717) is 17.8 Å². The molecule has 2 N–H and O–H groups in total. The zero-order valence-corrected chi connectivity index (χ0v) is 13.1. The highest BCUT2D eigenvalue weighted by Gasteiger charge is 2.18. The molecule has 0 fully saturated rings. The van der Waals surface area contributed by atoms with Gasteiger partial charge in [-0.25, -0.2) is 4.98 Å². The van der Waals surface area contributed by atoms with Crippen LogP contribution in [-0.4, -0.2) is 36.6 Å². The minimum atomic E-state index is -0.0637. The number of nitrogens with zero attached hydrogens (tertiary/aromatic N) is 5. The summed E-state index contributed by atoms with van der Waals surface area (Å²) in [6.07, 6.45) is 7.32. The van der Waals surface area contributed by atoms with Crippen LogP contribution in [0.25, 0.3) is 5.95 Å². The van der Waals surface area contributed by atoms with E-state index in [1.54, 1.807) is 17.1 Å². The van der Waals surface area contributed by atoms with Gasteiger partial charge in [-0.15, -0.1) is 0 Å². The molecule has 0 radical (unpaired) electrons. The number of anilines is 2. The van der Waals surface area contributed by atoms with Crippen molar-refractivity contribution in [2.75, 3.05) is 17.2 Å². The first kappa shape index (κ1) is 15.2. The quantitative estimate of drug-likeness (QED) is 0.815. The predicted molar refractivity (Wildman–Crippen MR) is 83.7 cm³/mol. The maximum Gasteiger partial charge on any atom is 0.241 e. The van der Waals surface area contributed by atoms with Crippen LogP contribution < -0.4 is 10.6 Å². The molecule has 2 aromatic heterocycles. The zero-order valence-electron chi connectivity index (χ0n) is 13.1. The Morgan fingerprint density at radius 3 is 2.52 bits per heavy atom. The average Bonchev–Trinajstić information content (AvgIpc) is 2.91. The molecule has 0 aliphatic heterocycles. The Hall–Kier alpha value is -2.18. The van der Waals surface area contributed by atoms with Crippen LogP contribution in [0.3, 0.4) is 0 Å². The van der Waals surface area contributed by atoms with Gasteiger partial charge in [-0.05, 0) is 27.2 Å². The molecule has 0 aliphatic rings. The Labute approximate surface area is 125 Å². The van der Waals surface area contributed by atoms with Gasteiger partial charge in [-0.3, -0.25) is 4.57 Å². The Bertz CT molecular complexity index is 563. The SMILES string of the molecule is CCCC(C)(C)Nc1nc(NCC)nc(-n2ccnc2)n1. The van der Waals surface area contributed by atoms with Crippen LogP contribution in [0, 0.1) is 0 Å². The van der Waals surface area contributed by atoms with Crippen molar-refractivity contribution in [1.82, 2.24) is 24.5 Å². The van der Waals surface area contributed by atoms with Crippen molar-refractivity contribution in [3.63, 3.8) is 0 Å². The van der Waals surface area contributed by atoms with Crippen molar-refractivity contribution < 1.29 is 0 Å². The molecule has 0 saturated carbocycles. The molecular weight excluding hydrogens is 266 g/mol. The largest absolute Gasteiger partial charge is 0.354 e. The van der Waals surface area contributed by atoms with E-state index in [1.807, 2.05) is 13.1 Å². The highest BCUT2D eigenvalue weighted by atomic mass is 15.3. The second kappa shape index (κ2) is 6.51. The molecule has 114 valence electrons. The van der Waals surface area contributed by atoms with Crippen molar-refractivity contribution in [3.8, 4) is 5.95 Å². The summed E-state index contributed by atoms with van der Waals surface area (Å²) < 4.78 is 1.76. The molecule has 2 heterocycles. The normalized spacial score (nSPS) is 11.4. The lowest BCUT2D eigenvalue weighted by Gasteiger charge is -2.26. The number of aromatic nitrogens is 5. The summed E-state index contributed by atoms with van der Waals surface area (Å²) >= 11 is 0. The number of hydrogen-bond donors (Lipinski definition) is 2. The first-order valence-electron chi connectivity index (χ1n) is 7.30. The van der Waals surface area contributed by atoms with Crippen LogP contribution in [0.4, 0.5) is 11.9 Å². The third-order valence-corrected chi connectivity index (χ3v) is 3.02. The first-order chi connectivity index (χ1) is 10.0. The first-order valence-corrected chi connectivity index (χ1v) is 7.30. The summed E-state index contributed by atoms with van der Waals surface area (Å²) in [4.78, 5) is 17.3. The predicted octanol–water partition coefficient (Wildman–Crippen LogP) is 2.48. The summed E-state index contributed by atoms with van der Waals surface area (Å²) in [6, 6.07) is 0. The Morgan fingerprint density at radius 2 is 1.90 bits per heavy atom. The summed E-state index contributed by atoms with van der Waals surface area (Å²) in [5.41, 5.74) is -0.0637. The molecule has 0 atom stereocenters. The van der Waals surface area contributed by atoms with Gasteiger partial charge in [0.05, 0.1) is 0 Å². The standard InChI is InChI=1S/C14H23N7/c1-5-7-14(3,4)20-12-17-11(16-6-2)18-13(19-12)21-9-8-15-10-21/h8-10H,5-7H2,1-4H3,(H2,16,17,18,19,20). The molecule has 0 saturated heterocycles. The highest BCUT2D eigenvalue weighted by Crippen LogP contribution is 2.18. The van der Waals surface area contributed by atoms with Gasteiger partial charge in [-0.2, -0.15) is 15.0 Å². The number of rotatable bonds is 7. The molecule has 2 aromatic rings. The monoisotopic (exact) mass is 289 g/mol. The van der Waals surface area contributed by atoms with Gasteiger partial charge in [0.25, 0.3) is 0 Å². The van der Waals surface area contributed by atoms with Crippen molar-refractivity contribution in [1.29, 1.82) is 0 Å². The second-order valence-corrected chi connectivity index (χ2v) is 5.54. The maximum atomic E-state index is 4.48. The lowest BCUT2D eigenvalue weighted by atomic mass is 9.99. The van der Waals surface area contributed by atoms with Crippen molar-refractivity contribution >= 4 is 11.9 Å². The Morgan fingerprint density at radius 1 is 1.14 bits per heavy atom. The van der Waals surface area contributed by atoms with E-state index < -0.39 is 0 Å². The molecule has 7 nitrogen and oxygen atoms in total. The minimum absolute atomic E-state index is 0.0637. The Kier molecular flexibility index (Phi) is 4.72. The fourth-order valence-electron chi connectivity index (χ4n) is 2.14. The van der Waals surface area contributed by atoms with E-state index in [0.717, 1.165) is 19.4 Å². The third kappa shape index (κ3) is 4.14. The van der Waals surface area contributed by atoms with E-state index >= 15 is 0 Å². The fourth-order valence-corrected chi connectivity index (χ4v) is 2.14. The molecule has 0 bridgehead atoms. The summed E-state index contributed by atoms with van der Waals surface area (Å²) in [7, 11) is 0. The molecule has 0 aromatic carbocycles. The van der Waals surface area contributed by atoms with Gasteiger partial charge in [0.2, 0.25) is 17.8 Å². The second-order valence-electron chi connectivity index (χ2n) is 5.54. The van der Waals surface area contributed by atoms with Gasteiger partial charge in [-0.1, -0.05) is 13.3 Å². The molecule has 0 unspecified atom stereocenters. The van der Waals surface area contributed by atoms with Gasteiger partial charge >= 0.3 is 0 Å². The average molecular weight is 289 g/mol. The van der Waals surface area contributed by atoms with Crippen molar-refractivity contribution in [3.05, 3.63) is 18.7 Å². The highest BCUT2D eigenvalue weighted by molar-refractivity contribution is 5.39. The molecule has 2 rings (SSSR count). The van der Waals surface area contributed by atoms with Gasteiger partial charge in [0.1, 0.15) is 6.33 Å². The molecule has 0 aliphatic carbocycles. The number of imidazole rings is 1. The molecule has 0 spiro atoms. The molecular formula is C14H23N7. The van der Waals surface area contributed by atoms with Crippen LogP contribution in [0.2, 0.25) is 0 Å². The van der Waals surface area contributed by atoms with Crippen LogP contribution in [0.15, 0.2) is 18.7 Å². The van der Waals surface area contributed by atoms with E-state index in [-0.39, 0.29) is 5.54 Å². The molecule has 7 heteroatoms. The van der Waals surface area contributed by atoms with Crippen molar-refractivity contribution in [2.45, 2.75) is 46.1 Å². The maximum absolute atomic E-state index is 4.48. The van der Waals surface area contributed by atoms with Gasteiger partial charge in [0.15, 0.2) is 0 Å². The van der Waals surface area contributed by atoms with Crippen molar-refractivity contribution in [2.24, 2.45) is 0 Å². The van der Waals surface area contributed by atoms with E-state index in [9.17, 15) is 0 Å². The fraction of sp³-hybridized carbons (Fsp3) is 0.571. The van der Waals surface area contributed by atoms with Crippen LogP contribution in [-0.2, 0) is 0 Å². The number of hydrogen-bond acceptors (Lipinski definition) is 6. The molecule has 0 amide bonds.